The molecule has 0 fully saturated rings. The quantitative estimate of drug-likeness (QED) is 0.769. The van der Waals surface area contributed by atoms with E-state index in [2.05, 4.69) is 9.97 Å². The van der Waals surface area contributed by atoms with Crippen molar-refractivity contribution in [1.29, 1.82) is 0 Å². The monoisotopic (exact) mass is 322 g/mol. The van der Waals surface area contributed by atoms with Crippen LogP contribution in [0.1, 0.15) is 0 Å². The maximum Gasteiger partial charge on any atom is 0.163 e. The van der Waals surface area contributed by atoms with Crippen LogP contribution < -0.4 is 9.47 Å². The molecular weight excluding hydrogens is 311 g/mol. The number of nitrogens with zero attached hydrogens (tertiary/aromatic N) is 1. The molecule has 0 atom stereocenters. The highest BCUT2D eigenvalue weighted by Crippen LogP contribution is 2.33. The number of imidazole rings is 1. The van der Waals surface area contributed by atoms with Gasteiger partial charge in [-0.1, -0.05) is 23.2 Å². The molecule has 0 aliphatic carbocycles. The zero-order valence-electron chi connectivity index (χ0n) is 11.4. The molecule has 0 aliphatic rings. The van der Waals surface area contributed by atoms with Crippen LogP contribution in [0.3, 0.4) is 0 Å². The van der Waals surface area contributed by atoms with Gasteiger partial charge in [-0.05, 0) is 18.2 Å². The smallest absolute Gasteiger partial charge is 0.163 e. The van der Waals surface area contributed by atoms with Gasteiger partial charge in [0.1, 0.15) is 5.82 Å². The summed E-state index contributed by atoms with van der Waals surface area (Å²) in [6.45, 7) is 0. The molecule has 4 nitrogen and oxygen atoms in total. The largest absolute Gasteiger partial charge is 0.493 e. The van der Waals surface area contributed by atoms with Gasteiger partial charge in [-0.25, -0.2) is 4.98 Å². The van der Waals surface area contributed by atoms with E-state index in [0.29, 0.717) is 27.4 Å². The van der Waals surface area contributed by atoms with Crippen molar-refractivity contribution >= 4 is 34.2 Å². The van der Waals surface area contributed by atoms with E-state index in [0.717, 1.165) is 16.6 Å². The molecule has 3 rings (SSSR count). The fraction of sp³-hybridized carbons (Fsp3) is 0.133. The number of methoxy groups -OCH3 is 2. The normalized spacial score (nSPS) is 10.9. The average Bonchev–Trinajstić information content (AvgIpc) is 2.87. The molecular formula is C15H12Cl2N2O2. The van der Waals surface area contributed by atoms with E-state index in [1.54, 1.807) is 32.4 Å². The first-order valence-electron chi connectivity index (χ1n) is 6.19. The number of halogens is 2. The van der Waals surface area contributed by atoms with E-state index >= 15 is 0 Å². The maximum atomic E-state index is 6.03. The average molecular weight is 323 g/mol. The minimum absolute atomic E-state index is 0.563. The Kier molecular flexibility index (Phi) is 3.66. The van der Waals surface area contributed by atoms with E-state index in [-0.39, 0.29) is 0 Å². The zero-order chi connectivity index (χ0) is 15.0. The van der Waals surface area contributed by atoms with Gasteiger partial charge in [0.2, 0.25) is 0 Å². The Morgan fingerprint density at radius 1 is 0.905 bits per heavy atom. The molecule has 21 heavy (non-hydrogen) atoms. The molecule has 0 saturated heterocycles. The predicted molar refractivity (Wildman–Crippen MR) is 84.7 cm³/mol. The lowest BCUT2D eigenvalue weighted by atomic mass is 10.2. The van der Waals surface area contributed by atoms with Crippen molar-refractivity contribution < 1.29 is 9.47 Å². The molecule has 3 aromatic rings. The standard InChI is InChI=1S/C15H12Cl2N2O2/c1-20-13-6-11-12(7-14(13)21-2)19-15(18-11)8-3-9(16)5-10(17)4-8/h3-7H,1-2H3,(H,18,19). The SMILES string of the molecule is COc1cc2nc(-c3cc(Cl)cc(Cl)c3)[nH]c2cc1OC. The molecule has 0 bridgehead atoms. The zero-order valence-corrected chi connectivity index (χ0v) is 12.9. The number of rotatable bonds is 3. The molecule has 1 N–H and O–H groups in total. The van der Waals surface area contributed by atoms with E-state index in [9.17, 15) is 0 Å². The minimum Gasteiger partial charge on any atom is -0.493 e. The molecule has 0 radical (unpaired) electrons. The molecule has 0 amide bonds. The summed E-state index contributed by atoms with van der Waals surface area (Å²) in [5.41, 5.74) is 2.44. The first-order valence-corrected chi connectivity index (χ1v) is 6.94. The fourth-order valence-corrected chi connectivity index (χ4v) is 2.69. The third-order valence-corrected chi connectivity index (χ3v) is 3.56. The van der Waals surface area contributed by atoms with E-state index in [4.69, 9.17) is 32.7 Å². The highest BCUT2D eigenvalue weighted by atomic mass is 35.5. The number of nitrogens with one attached hydrogen (secondary N) is 1. The van der Waals surface area contributed by atoms with Gasteiger partial charge in [-0.3, -0.25) is 0 Å². The Bertz CT molecular complexity index is 754. The summed E-state index contributed by atoms with van der Waals surface area (Å²) < 4.78 is 10.6. The highest BCUT2D eigenvalue weighted by Gasteiger charge is 2.11. The molecule has 6 heteroatoms. The molecule has 0 aliphatic heterocycles. The van der Waals surface area contributed by atoms with Gasteiger partial charge >= 0.3 is 0 Å². The summed E-state index contributed by atoms with van der Waals surface area (Å²) in [6.07, 6.45) is 0. The van der Waals surface area contributed by atoms with E-state index < -0.39 is 0 Å². The molecule has 2 aromatic carbocycles. The number of H-pyrrole nitrogens is 1. The molecule has 1 heterocycles. The van der Waals surface area contributed by atoms with Crippen molar-refractivity contribution in [2.75, 3.05) is 14.2 Å². The van der Waals surface area contributed by atoms with Gasteiger partial charge in [0.05, 0.1) is 25.3 Å². The molecule has 0 unspecified atom stereocenters. The van der Waals surface area contributed by atoms with Crippen LogP contribution in [-0.2, 0) is 0 Å². The second-order valence-electron chi connectivity index (χ2n) is 4.47. The van der Waals surface area contributed by atoms with Gasteiger partial charge < -0.3 is 14.5 Å². The minimum atomic E-state index is 0.563. The number of aromatic nitrogens is 2. The molecule has 108 valence electrons. The Morgan fingerprint density at radius 2 is 1.52 bits per heavy atom. The summed E-state index contributed by atoms with van der Waals surface area (Å²) in [5, 5.41) is 1.13. The molecule has 1 aromatic heterocycles. The lowest BCUT2D eigenvalue weighted by molar-refractivity contribution is 0.356. The van der Waals surface area contributed by atoms with Gasteiger partial charge in [-0.2, -0.15) is 0 Å². The van der Waals surface area contributed by atoms with Crippen LogP contribution in [0.25, 0.3) is 22.4 Å². The van der Waals surface area contributed by atoms with Crippen molar-refractivity contribution in [3.05, 3.63) is 40.4 Å². The number of ether oxygens (including phenoxy) is 2. The van der Waals surface area contributed by atoms with Crippen molar-refractivity contribution in [3.63, 3.8) is 0 Å². The van der Waals surface area contributed by atoms with Crippen LogP contribution in [0, 0.1) is 0 Å². The van der Waals surface area contributed by atoms with Gasteiger partial charge in [0.25, 0.3) is 0 Å². The Morgan fingerprint density at radius 3 is 2.14 bits per heavy atom. The van der Waals surface area contributed by atoms with Gasteiger partial charge in [0, 0.05) is 27.7 Å². The van der Waals surface area contributed by atoms with Crippen LogP contribution in [0.15, 0.2) is 30.3 Å². The number of benzene rings is 2. The summed E-state index contributed by atoms with van der Waals surface area (Å²) in [5.74, 6) is 1.96. The maximum absolute atomic E-state index is 6.03. The molecule has 0 saturated carbocycles. The third-order valence-electron chi connectivity index (χ3n) is 3.12. The van der Waals surface area contributed by atoms with Crippen molar-refractivity contribution in [3.8, 4) is 22.9 Å². The predicted octanol–water partition coefficient (Wildman–Crippen LogP) is 4.55. The van der Waals surface area contributed by atoms with Gasteiger partial charge in [-0.15, -0.1) is 0 Å². The van der Waals surface area contributed by atoms with Crippen LogP contribution in [0.5, 0.6) is 11.5 Å². The first-order chi connectivity index (χ1) is 10.1. The van der Waals surface area contributed by atoms with E-state index in [1.807, 2.05) is 12.1 Å². The van der Waals surface area contributed by atoms with Gasteiger partial charge in [0.15, 0.2) is 11.5 Å². The Labute approximate surface area is 131 Å². The lowest BCUT2D eigenvalue weighted by Crippen LogP contribution is -1.89. The fourth-order valence-electron chi connectivity index (χ4n) is 2.16. The molecule has 0 spiro atoms. The lowest BCUT2D eigenvalue weighted by Gasteiger charge is -2.06. The highest BCUT2D eigenvalue weighted by molar-refractivity contribution is 6.35. The summed E-state index contributed by atoms with van der Waals surface area (Å²) in [6, 6.07) is 8.96. The summed E-state index contributed by atoms with van der Waals surface area (Å²) in [4.78, 5) is 7.77. The second-order valence-corrected chi connectivity index (χ2v) is 5.34. The summed E-state index contributed by atoms with van der Waals surface area (Å²) >= 11 is 12.1. The number of hydrogen-bond acceptors (Lipinski definition) is 3. The Balaban J connectivity index is 2.16. The number of aromatic amines is 1. The van der Waals surface area contributed by atoms with Crippen molar-refractivity contribution in [1.82, 2.24) is 9.97 Å². The Hall–Kier alpha value is -1.91. The first kappa shape index (κ1) is 14.0. The topological polar surface area (TPSA) is 47.1 Å². The van der Waals surface area contributed by atoms with E-state index in [1.165, 1.54) is 0 Å². The number of hydrogen-bond donors (Lipinski definition) is 1. The van der Waals surface area contributed by atoms with Crippen LogP contribution >= 0.6 is 23.2 Å². The van der Waals surface area contributed by atoms with Crippen molar-refractivity contribution in [2.24, 2.45) is 0 Å². The van der Waals surface area contributed by atoms with Crippen LogP contribution in [0.4, 0.5) is 0 Å². The number of fused-ring (bicyclic) bond motifs is 1. The summed E-state index contributed by atoms with van der Waals surface area (Å²) in [7, 11) is 3.19. The second kappa shape index (κ2) is 5.47. The third kappa shape index (κ3) is 2.64. The van der Waals surface area contributed by atoms with Crippen LogP contribution in [-0.4, -0.2) is 24.2 Å². The van der Waals surface area contributed by atoms with Crippen LogP contribution in [0.2, 0.25) is 10.0 Å². The van der Waals surface area contributed by atoms with Crippen molar-refractivity contribution in [2.45, 2.75) is 0 Å².